The second-order valence-corrected chi connectivity index (χ2v) is 6.14. The number of nitriles is 1. The minimum absolute atomic E-state index is 0.283. The first-order chi connectivity index (χ1) is 13.6. The van der Waals surface area contributed by atoms with Crippen molar-refractivity contribution in [3.8, 4) is 28.7 Å². The van der Waals surface area contributed by atoms with Crippen molar-refractivity contribution in [3.63, 3.8) is 0 Å². The highest BCUT2D eigenvalue weighted by atomic mass is 16.5. The molecule has 1 amide bonds. The highest BCUT2D eigenvalue weighted by Gasteiger charge is 2.18. The molecule has 3 aromatic carbocycles. The smallest absolute Gasteiger partial charge is 0.265 e. The maximum absolute atomic E-state index is 12.7. The van der Waals surface area contributed by atoms with Gasteiger partial charge in [-0.3, -0.25) is 4.79 Å². The molecule has 0 aliphatic rings. The Morgan fingerprint density at radius 2 is 1.71 bits per heavy atom. The monoisotopic (exact) mass is 372 g/mol. The molecule has 3 rings (SSSR count). The Kier molecular flexibility index (Phi) is 5.93. The Hall–Kier alpha value is -3.78. The van der Waals surface area contributed by atoms with Crippen LogP contribution in [-0.4, -0.2) is 19.1 Å². The van der Waals surface area contributed by atoms with Gasteiger partial charge in [0.05, 0.1) is 18.7 Å². The van der Waals surface area contributed by atoms with E-state index in [1.165, 1.54) is 7.11 Å². The van der Waals surface area contributed by atoms with Gasteiger partial charge in [0.25, 0.3) is 5.91 Å². The van der Waals surface area contributed by atoms with Crippen LogP contribution in [0.5, 0.6) is 11.5 Å². The zero-order chi connectivity index (χ0) is 19.9. The third kappa shape index (κ3) is 4.30. The first-order valence-corrected chi connectivity index (χ1v) is 8.82. The van der Waals surface area contributed by atoms with Crippen molar-refractivity contribution < 1.29 is 14.3 Å². The number of ether oxygens (including phenoxy) is 2. The normalized spacial score (nSPS) is 11.2. The maximum Gasteiger partial charge on any atom is 0.265 e. The number of rotatable bonds is 6. The zero-order valence-corrected chi connectivity index (χ0v) is 15.7. The first-order valence-electron chi connectivity index (χ1n) is 8.82. The summed E-state index contributed by atoms with van der Waals surface area (Å²) in [5.74, 6) is 0.527. The minimum atomic E-state index is -0.759. The Balaban J connectivity index is 1.77. The number of nitrogens with zero attached hydrogens (tertiary/aromatic N) is 1. The van der Waals surface area contributed by atoms with Crippen molar-refractivity contribution in [3.05, 3.63) is 78.4 Å². The van der Waals surface area contributed by atoms with Crippen LogP contribution in [0, 0.1) is 11.3 Å². The molecule has 1 N–H and O–H groups in total. The summed E-state index contributed by atoms with van der Waals surface area (Å²) in [6.45, 7) is 1.66. The van der Waals surface area contributed by atoms with Crippen LogP contribution in [0.2, 0.25) is 0 Å². The Morgan fingerprint density at radius 3 is 2.43 bits per heavy atom. The fourth-order valence-electron chi connectivity index (χ4n) is 2.77. The summed E-state index contributed by atoms with van der Waals surface area (Å²) in [5.41, 5.74) is 3.11. The van der Waals surface area contributed by atoms with Crippen LogP contribution in [0.25, 0.3) is 11.1 Å². The molecule has 0 saturated heterocycles. The molecule has 5 nitrogen and oxygen atoms in total. The molecular weight excluding hydrogens is 352 g/mol. The van der Waals surface area contributed by atoms with Crippen LogP contribution in [0.3, 0.4) is 0 Å². The number of anilines is 1. The summed E-state index contributed by atoms with van der Waals surface area (Å²) in [7, 11) is 1.49. The van der Waals surface area contributed by atoms with Gasteiger partial charge in [-0.2, -0.15) is 5.26 Å². The number of para-hydroxylation sites is 1. The van der Waals surface area contributed by atoms with Crippen molar-refractivity contribution in [1.29, 1.82) is 5.26 Å². The number of hydrogen-bond donors (Lipinski definition) is 1. The van der Waals surface area contributed by atoms with Crippen LogP contribution in [0.1, 0.15) is 12.5 Å². The Labute approximate surface area is 164 Å². The van der Waals surface area contributed by atoms with Crippen LogP contribution < -0.4 is 14.8 Å². The van der Waals surface area contributed by atoms with E-state index in [0.717, 1.165) is 11.1 Å². The topological polar surface area (TPSA) is 71.3 Å². The van der Waals surface area contributed by atoms with E-state index >= 15 is 0 Å². The van der Waals surface area contributed by atoms with Crippen LogP contribution in [-0.2, 0) is 4.79 Å². The van der Waals surface area contributed by atoms with Gasteiger partial charge in [-0.1, -0.05) is 48.5 Å². The zero-order valence-electron chi connectivity index (χ0n) is 15.7. The molecule has 140 valence electrons. The molecule has 28 heavy (non-hydrogen) atoms. The summed E-state index contributed by atoms with van der Waals surface area (Å²) in [6, 6.07) is 24.3. The lowest BCUT2D eigenvalue weighted by atomic mass is 10.0. The number of benzene rings is 3. The SMILES string of the molecule is COc1cc(C#N)ccc1OC(C)C(=O)Nc1ccccc1-c1ccccc1. The third-order valence-electron chi connectivity index (χ3n) is 4.24. The molecule has 0 saturated carbocycles. The molecule has 0 radical (unpaired) electrons. The van der Waals surface area contributed by atoms with E-state index in [0.29, 0.717) is 22.7 Å². The van der Waals surface area contributed by atoms with E-state index in [1.807, 2.05) is 60.7 Å². The number of hydrogen-bond acceptors (Lipinski definition) is 4. The molecule has 0 aliphatic carbocycles. The average Bonchev–Trinajstić information content (AvgIpc) is 2.75. The predicted molar refractivity (Wildman–Crippen MR) is 108 cm³/mol. The number of amides is 1. The summed E-state index contributed by atoms with van der Waals surface area (Å²) >= 11 is 0. The summed E-state index contributed by atoms with van der Waals surface area (Å²) in [4.78, 5) is 12.7. The van der Waals surface area contributed by atoms with Crippen LogP contribution in [0.4, 0.5) is 5.69 Å². The van der Waals surface area contributed by atoms with Gasteiger partial charge in [-0.15, -0.1) is 0 Å². The second-order valence-electron chi connectivity index (χ2n) is 6.14. The third-order valence-corrected chi connectivity index (χ3v) is 4.24. The second kappa shape index (κ2) is 8.74. The average molecular weight is 372 g/mol. The molecule has 1 unspecified atom stereocenters. The summed E-state index contributed by atoms with van der Waals surface area (Å²) in [5, 5.41) is 11.9. The van der Waals surface area contributed by atoms with Crippen molar-refractivity contribution in [2.75, 3.05) is 12.4 Å². The van der Waals surface area contributed by atoms with Gasteiger partial charge in [0.15, 0.2) is 17.6 Å². The Morgan fingerprint density at radius 1 is 1.00 bits per heavy atom. The van der Waals surface area contributed by atoms with E-state index in [4.69, 9.17) is 14.7 Å². The Bertz CT molecular complexity index is 1010. The van der Waals surface area contributed by atoms with Gasteiger partial charge < -0.3 is 14.8 Å². The largest absolute Gasteiger partial charge is 0.493 e. The van der Waals surface area contributed by atoms with Crippen LogP contribution >= 0.6 is 0 Å². The maximum atomic E-state index is 12.7. The standard InChI is InChI=1S/C23H20N2O3/c1-16(28-21-13-12-17(15-24)14-22(21)27-2)23(26)25-20-11-7-6-10-19(20)18-8-4-3-5-9-18/h3-14,16H,1-2H3,(H,25,26). The fraction of sp³-hybridized carbons (Fsp3) is 0.130. The first kappa shape index (κ1) is 19.0. The van der Waals surface area contributed by atoms with E-state index in [-0.39, 0.29) is 5.91 Å². The van der Waals surface area contributed by atoms with Crippen molar-refractivity contribution in [1.82, 2.24) is 0 Å². The lowest BCUT2D eigenvalue weighted by molar-refractivity contribution is -0.122. The lowest BCUT2D eigenvalue weighted by Crippen LogP contribution is -2.30. The molecule has 0 bridgehead atoms. The quantitative estimate of drug-likeness (QED) is 0.684. The van der Waals surface area contributed by atoms with Crippen LogP contribution in [0.15, 0.2) is 72.8 Å². The van der Waals surface area contributed by atoms with Crippen molar-refractivity contribution in [2.45, 2.75) is 13.0 Å². The molecule has 0 aromatic heterocycles. The van der Waals surface area contributed by atoms with E-state index in [2.05, 4.69) is 5.32 Å². The van der Waals surface area contributed by atoms with Gasteiger partial charge in [-0.05, 0) is 30.7 Å². The molecule has 0 spiro atoms. The molecular formula is C23H20N2O3. The molecule has 3 aromatic rings. The van der Waals surface area contributed by atoms with Gasteiger partial charge in [-0.25, -0.2) is 0 Å². The van der Waals surface area contributed by atoms with E-state index < -0.39 is 6.10 Å². The van der Waals surface area contributed by atoms with E-state index in [1.54, 1.807) is 25.1 Å². The van der Waals surface area contributed by atoms with Gasteiger partial charge in [0.1, 0.15) is 0 Å². The number of carbonyl (C=O) groups excluding carboxylic acids is 1. The molecule has 0 aliphatic heterocycles. The predicted octanol–water partition coefficient (Wildman–Crippen LogP) is 4.64. The van der Waals surface area contributed by atoms with Gasteiger partial charge in [0, 0.05) is 17.3 Å². The summed E-state index contributed by atoms with van der Waals surface area (Å²) in [6.07, 6.45) is -0.759. The molecule has 5 heteroatoms. The minimum Gasteiger partial charge on any atom is -0.493 e. The van der Waals surface area contributed by atoms with Gasteiger partial charge in [0.2, 0.25) is 0 Å². The number of carbonyl (C=O) groups is 1. The molecule has 0 heterocycles. The van der Waals surface area contributed by atoms with Crippen molar-refractivity contribution >= 4 is 11.6 Å². The van der Waals surface area contributed by atoms with Gasteiger partial charge >= 0.3 is 0 Å². The van der Waals surface area contributed by atoms with Crippen molar-refractivity contribution in [2.24, 2.45) is 0 Å². The number of nitrogens with one attached hydrogen (secondary N) is 1. The molecule has 1 atom stereocenters. The van der Waals surface area contributed by atoms with E-state index in [9.17, 15) is 4.79 Å². The lowest BCUT2D eigenvalue weighted by Gasteiger charge is -2.18. The summed E-state index contributed by atoms with van der Waals surface area (Å²) < 4.78 is 11.0. The number of methoxy groups -OCH3 is 1. The molecule has 0 fully saturated rings. The fourth-order valence-corrected chi connectivity index (χ4v) is 2.77. The highest BCUT2D eigenvalue weighted by Crippen LogP contribution is 2.30. The highest BCUT2D eigenvalue weighted by molar-refractivity contribution is 5.98.